The summed E-state index contributed by atoms with van der Waals surface area (Å²) in [5.41, 5.74) is 2.60. The van der Waals surface area contributed by atoms with Gasteiger partial charge in [-0.25, -0.2) is 4.98 Å². The molecule has 0 unspecified atom stereocenters. The number of nitrogens with one attached hydrogen (secondary N) is 2. The number of benzene rings is 1. The maximum Gasteiger partial charge on any atom is 0.270 e. The highest BCUT2D eigenvalue weighted by molar-refractivity contribution is 7.09. The minimum atomic E-state index is -0.127. The van der Waals surface area contributed by atoms with Crippen LogP contribution in [0.3, 0.4) is 0 Å². The van der Waals surface area contributed by atoms with Crippen LogP contribution in [0, 0.1) is 5.92 Å². The molecule has 2 N–H and O–H groups in total. The van der Waals surface area contributed by atoms with Gasteiger partial charge in [0.15, 0.2) is 0 Å². The van der Waals surface area contributed by atoms with Gasteiger partial charge in [0.1, 0.15) is 5.69 Å². The number of carbonyl (C=O) groups is 2. The second-order valence-corrected chi connectivity index (χ2v) is 10.2. The Hall–Kier alpha value is -2.71. The van der Waals surface area contributed by atoms with E-state index in [-0.39, 0.29) is 11.8 Å². The maximum atomic E-state index is 12.9. The summed E-state index contributed by atoms with van der Waals surface area (Å²) in [6.07, 6.45) is 4.90. The van der Waals surface area contributed by atoms with E-state index in [0.29, 0.717) is 37.1 Å². The SMILES string of the molecule is CC(C)COCCCNC(=O)c1csc(C2CCN(C(=O)Cc3c[nH]c4ccccc34)CC2)n1. The van der Waals surface area contributed by atoms with E-state index in [9.17, 15) is 9.59 Å². The van der Waals surface area contributed by atoms with Gasteiger partial charge in [0.25, 0.3) is 5.91 Å². The lowest BCUT2D eigenvalue weighted by molar-refractivity contribution is -0.131. The molecule has 1 fully saturated rings. The van der Waals surface area contributed by atoms with Crippen LogP contribution in [0.25, 0.3) is 10.9 Å². The van der Waals surface area contributed by atoms with Crippen LogP contribution in [0.4, 0.5) is 0 Å². The molecule has 1 aliphatic heterocycles. The zero-order chi connectivity index (χ0) is 23.9. The number of piperidine rings is 1. The zero-order valence-corrected chi connectivity index (χ0v) is 20.8. The largest absolute Gasteiger partial charge is 0.381 e. The van der Waals surface area contributed by atoms with E-state index in [1.54, 1.807) is 11.3 Å². The van der Waals surface area contributed by atoms with E-state index < -0.39 is 0 Å². The van der Waals surface area contributed by atoms with Crippen molar-refractivity contribution in [3.63, 3.8) is 0 Å². The minimum Gasteiger partial charge on any atom is -0.381 e. The van der Waals surface area contributed by atoms with Gasteiger partial charge in [-0.15, -0.1) is 11.3 Å². The zero-order valence-electron chi connectivity index (χ0n) is 20.0. The lowest BCUT2D eigenvalue weighted by Gasteiger charge is -2.31. The Morgan fingerprint density at radius 3 is 2.85 bits per heavy atom. The molecule has 8 heteroatoms. The van der Waals surface area contributed by atoms with Gasteiger partial charge >= 0.3 is 0 Å². The third-order valence-corrected chi connectivity index (χ3v) is 7.18. The first-order valence-electron chi connectivity index (χ1n) is 12.2. The van der Waals surface area contributed by atoms with Crippen molar-refractivity contribution in [2.45, 2.75) is 45.4 Å². The van der Waals surface area contributed by atoms with E-state index in [1.165, 1.54) is 0 Å². The number of likely N-dealkylation sites (tertiary alicyclic amines) is 1. The quantitative estimate of drug-likeness (QED) is 0.420. The van der Waals surface area contributed by atoms with Crippen LogP contribution in [0.5, 0.6) is 0 Å². The summed E-state index contributed by atoms with van der Waals surface area (Å²) in [5, 5.41) is 6.88. The molecule has 0 saturated carbocycles. The van der Waals surface area contributed by atoms with Gasteiger partial charge in [0, 0.05) is 61.2 Å². The van der Waals surface area contributed by atoms with Crippen molar-refractivity contribution in [2.24, 2.45) is 5.92 Å². The highest BCUT2D eigenvalue weighted by Crippen LogP contribution is 2.31. The number of amides is 2. The van der Waals surface area contributed by atoms with Crippen molar-refractivity contribution < 1.29 is 14.3 Å². The molecule has 34 heavy (non-hydrogen) atoms. The third kappa shape index (κ3) is 6.24. The predicted octanol–water partition coefficient (Wildman–Crippen LogP) is 4.37. The van der Waals surface area contributed by atoms with Gasteiger partial charge in [-0.3, -0.25) is 9.59 Å². The number of aromatic amines is 1. The number of hydrogen-bond acceptors (Lipinski definition) is 5. The van der Waals surface area contributed by atoms with Crippen molar-refractivity contribution in [3.8, 4) is 0 Å². The summed E-state index contributed by atoms with van der Waals surface area (Å²) in [4.78, 5) is 35.1. The van der Waals surface area contributed by atoms with E-state index in [1.807, 2.05) is 34.7 Å². The monoisotopic (exact) mass is 482 g/mol. The molecule has 2 amide bonds. The van der Waals surface area contributed by atoms with Crippen LogP contribution in [0.15, 0.2) is 35.8 Å². The van der Waals surface area contributed by atoms with Gasteiger partial charge < -0.3 is 19.9 Å². The van der Waals surface area contributed by atoms with E-state index in [0.717, 1.165) is 60.4 Å². The van der Waals surface area contributed by atoms with Crippen molar-refractivity contribution in [1.82, 2.24) is 20.2 Å². The first-order valence-corrected chi connectivity index (χ1v) is 13.0. The molecule has 0 aliphatic carbocycles. The second-order valence-electron chi connectivity index (χ2n) is 9.34. The Kier molecular flexibility index (Phi) is 8.34. The number of carbonyl (C=O) groups excluding carboxylic acids is 2. The summed E-state index contributed by atoms with van der Waals surface area (Å²) in [6, 6.07) is 8.07. The molecule has 3 heterocycles. The lowest BCUT2D eigenvalue weighted by atomic mass is 9.97. The number of rotatable bonds is 10. The number of thiazole rings is 1. The van der Waals surface area contributed by atoms with Crippen molar-refractivity contribution >= 4 is 34.1 Å². The lowest BCUT2D eigenvalue weighted by Crippen LogP contribution is -2.38. The Bertz CT molecular complexity index is 1100. The molecule has 1 saturated heterocycles. The fraction of sp³-hybridized carbons (Fsp3) is 0.500. The smallest absolute Gasteiger partial charge is 0.270 e. The van der Waals surface area contributed by atoms with Crippen LogP contribution in [-0.4, -0.2) is 59.5 Å². The van der Waals surface area contributed by atoms with Gasteiger partial charge in [0.2, 0.25) is 5.91 Å². The van der Waals surface area contributed by atoms with Crippen LogP contribution < -0.4 is 5.32 Å². The number of hydrogen-bond donors (Lipinski definition) is 2. The number of nitrogens with zero attached hydrogens (tertiary/aromatic N) is 2. The summed E-state index contributed by atoms with van der Waals surface area (Å²) in [7, 11) is 0. The molecule has 1 aliphatic rings. The number of aromatic nitrogens is 2. The Labute approximate surface area is 204 Å². The van der Waals surface area contributed by atoms with E-state index in [4.69, 9.17) is 4.74 Å². The second kappa shape index (κ2) is 11.6. The standard InChI is InChI=1S/C26H34N4O3S/c1-18(2)16-33-13-5-10-27-25(32)23-17-34-26(29-23)19-8-11-30(12-9-19)24(31)14-20-15-28-22-7-4-3-6-21(20)22/h3-4,6-7,15,17-19,28H,5,8-14,16H2,1-2H3,(H,27,32). The number of H-pyrrole nitrogens is 1. The Morgan fingerprint density at radius 1 is 1.26 bits per heavy atom. The first-order chi connectivity index (χ1) is 16.5. The predicted molar refractivity (Wildman–Crippen MR) is 135 cm³/mol. The van der Waals surface area contributed by atoms with Crippen LogP contribution >= 0.6 is 11.3 Å². The van der Waals surface area contributed by atoms with Crippen molar-refractivity contribution in [1.29, 1.82) is 0 Å². The Morgan fingerprint density at radius 2 is 2.06 bits per heavy atom. The molecule has 7 nitrogen and oxygen atoms in total. The fourth-order valence-electron chi connectivity index (χ4n) is 4.29. The van der Waals surface area contributed by atoms with Crippen molar-refractivity contribution in [2.75, 3.05) is 32.8 Å². The molecule has 182 valence electrons. The summed E-state index contributed by atoms with van der Waals surface area (Å²) in [5.74, 6) is 0.859. The van der Waals surface area contributed by atoms with Gasteiger partial charge in [-0.05, 0) is 36.8 Å². The average molecular weight is 483 g/mol. The normalized spacial score (nSPS) is 14.7. The van der Waals surface area contributed by atoms with Gasteiger partial charge in [0.05, 0.1) is 11.4 Å². The topological polar surface area (TPSA) is 87.3 Å². The molecule has 0 spiro atoms. The number of para-hydroxylation sites is 1. The molecule has 2 aromatic heterocycles. The summed E-state index contributed by atoms with van der Waals surface area (Å²) < 4.78 is 5.55. The first kappa shape index (κ1) is 24.4. The molecular weight excluding hydrogens is 448 g/mol. The molecular formula is C26H34N4O3S. The van der Waals surface area contributed by atoms with Crippen LogP contribution in [0.1, 0.15) is 60.1 Å². The number of ether oxygens (including phenoxy) is 1. The highest BCUT2D eigenvalue weighted by atomic mass is 32.1. The molecule has 0 radical (unpaired) electrons. The minimum absolute atomic E-state index is 0.127. The maximum absolute atomic E-state index is 12.9. The van der Waals surface area contributed by atoms with Crippen LogP contribution in [0.2, 0.25) is 0 Å². The fourth-order valence-corrected chi connectivity index (χ4v) is 5.26. The van der Waals surface area contributed by atoms with Crippen molar-refractivity contribution in [3.05, 3.63) is 52.1 Å². The molecule has 0 bridgehead atoms. The highest BCUT2D eigenvalue weighted by Gasteiger charge is 2.26. The molecule has 4 rings (SSSR count). The third-order valence-electron chi connectivity index (χ3n) is 6.17. The average Bonchev–Trinajstić information content (AvgIpc) is 3.49. The van der Waals surface area contributed by atoms with Crippen LogP contribution in [-0.2, 0) is 16.0 Å². The molecule has 0 atom stereocenters. The van der Waals surface area contributed by atoms with E-state index in [2.05, 4.69) is 35.2 Å². The van der Waals surface area contributed by atoms with E-state index >= 15 is 0 Å². The molecule has 3 aromatic rings. The Balaban J connectivity index is 1.21. The van der Waals surface area contributed by atoms with Gasteiger partial charge in [-0.1, -0.05) is 32.0 Å². The summed E-state index contributed by atoms with van der Waals surface area (Å²) >= 11 is 1.55. The van der Waals surface area contributed by atoms with Gasteiger partial charge in [-0.2, -0.15) is 0 Å². The molecule has 1 aromatic carbocycles. The summed E-state index contributed by atoms with van der Waals surface area (Å²) in [6.45, 7) is 7.67. The number of fused-ring (bicyclic) bond motifs is 1.